The first-order valence-electron chi connectivity index (χ1n) is 4.96. The maximum atomic E-state index is 5.46. The van der Waals surface area contributed by atoms with Gasteiger partial charge in [0.15, 0.2) is 0 Å². The summed E-state index contributed by atoms with van der Waals surface area (Å²) in [6, 6.07) is 0. The smallest absolute Gasteiger partial charge is 0.0673 e. The van der Waals surface area contributed by atoms with Crippen molar-refractivity contribution in [1.82, 2.24) is 4.90 Å². The second kappa shape index (κ2) is 6.13. The van der Waals surface area contributed by atoms with Crippen LogP contribution in [0.5, 0.6) is 0 Å². The molecule has 0 aromatic heterocycles. The van der Waals surface area contributed by atoms with Crippen LogP contribution in [-0.2, 0) is 4.74 Å². The minimum Gasteiger partial charge on any atom is -0.380 e. The van der Waals surface area contributed by atoms with Crippen LogP contribution >= 0.6 is 0 Å². The third-order valence-electron chi connectivity index (χ3n) is 2.40. The largest absolute Gasteiger partial charge is 0.380 e. The predicted molar refractivity (Wildman–Crippen MR) is 54.7 cm³/mol. The standard InChI is InChI=1S/C10H20N2O/c1-13-9-10-3-7-12(8-4-10)6-2-5-11/h3H,2,4-9,11H2,1H3. The molecule has 0 spiro atoms. The van der Waals surface area contributed by atoms with Crippen LogP contribution in [0.2, 0.25) is 0 Å². The van der Waals surface area contributed by atoms with Crippen LogP contribution < -0.4 is 5.73 Å². The van der Waals surface area contributed by atoms with Crippen LogP contribution in [0.1, 0.15) is 12.8 Å². The van der Waals surface area contributed by atoms with E-state index in [2.05, 4.69) is 11.0 Å². The Labute approximate surface area is 80.5 Å². The van der Waals surface area contributed by atoms with E-state index in [1.54, 1.807) is 7.11 Å². The van der Waals surface area contributed by atoms with Gasteiger partial charge in [-0.25, -0.2) is 0 Å². The summed E-state index contributed by atoms with van der Waals surface area (Å²) in [5, 5.41) is 0. The third kappa shape index (κ3) is 3.89. The molecule has 76 valence electrons. The molecule has 0 atom stereocenters. The van der Waals surface area contributed by atoms with Crippen LogP contribution in [0.25, 0.3) is 0 Å². The van der Waals surface area contributed by atoms with Crippen molar-refractivity contribution in [1.29, 1.82) is 0 Å². The Morgan fingerprint density at radius 3 is 3.00 bits per heavy atom. The molecular formula is C10H20N2O. The lowest BCUT2D eigenvalue weighted by Crippen LogP contribution is -2.31. The van der Waals surface area contributed by atoms with Crippen molar-refractivity contribution in [3.05, 3.63) is 11.6 Å². The lowest BCUT2D eigenvalue weighted by Gasteiger charge is -2.25. The van der Waals surface area contributed by atoms with E-state index >= 15 is 0 Å². The second-order valence-corrected chi connectivity index (χ2v) is 3.49. The highest BCUT2D eigenvalue weighted by molar-refractivity contribution is 5.07. The Bertz CT molecular complexity index is 168. The Hall–Kier alpha value is -0.380. The fourth-order valence-electron chi connectivity index (χ4n) is 1.59. The molecule has 2 N–H and O–H groups in total. The van der Waals surface area contributed by atoms with Crippen molar-refractivity contribution >= 4 is 0 Å². The van der Waals surface area contributed by atoms with E-state index in [1.807, 2.05) is 0 Å². The van der Waals surface area contributed by atoms with Crippen molar-refractivity contribution in [3.8, 4) is 0 Å². The van der Waals surface area contributed by atoms with Crippen LogP contribution in [0.15, 0.2) is 11.6 Å². The summed E-state index contributed by atoms with van der Waals surface area (Å²) >= 11 is 0. The summed E-state index contributed by atoms with van der Waals surface area (Å²) < 4.78 is 5.09. The van der Waals surface area contributed by atoms with Gasteiger partial charge in [-0.05, 0) is 31.5 Å². The molecule has 0 bridgehead atoms. The zero-order chi connectivity index (χ0) is 9.52. The van der Waals surface area contributed by atoms with Gasteiger partial charge in [0, 0.05) is 20.2 Å². The summed E-state index contributed by atoms with van der Waals surface area (Å²) in [6.45, 7) is 4.96. The summed E-state index contributed by atoms with van der Waals surface area (Å²) in [7, 11) is 1.75. The predicted octanol–water partition coefficient (Wildman–Crippen LogP) is 0.614. The summed E-state index contributed by atoms with van der Waals surface area (Å²) in [6.07, 6.45) is 4.54. The van der Waals surface area contributed by atoms with Gasteiger partial charge in [-0.2, -0.15) is 0 Å². The van der Waals surface area contributed by atoms with Crippen molar-refractivity contribution in [2.24, 2.45) is 5.73 Å². The van der Waals surface area contributed by atoms with E-state index in [-0.39, 0.29) is 0 Å². The lowest BCUT2D eigenvalue weighted by atomic mass is 10.1. The van der Waals surface area contributed by atoms with E-state index in [1.165, 1.54) is 5.57 Å². The molecule has 0 saturated carbocycles. The molecular weight excluding hydrogens is 164 g/mol. The highest BCUT2D eigenvalue weighted by Gasteiger charge is 2.09. The number of ether oxygens (including phenoxy) is 1. The second-order valence-electron chi connectivity index (χ2n) is 3.49. The van der Waals surface area contributed by atoms with Gasteiger partial charge in [0.05, 0.1) is 6.61 Å². The average molecular weight is 184 g/mol. The van der Waals surface area contributed by atoms with Crippen LogP contribution in [-0.4, -0.2) is 44.8 Å². The highest BCUT2D eigenvalue weighted by atomic mass is 16.5. The van der Waals surface area contributed by atoms with Crippen molar-refractivity contribution < 1.29 is 4.74 Å². The van der Waals surface area contributed by atoms with Gasteiger partial charge in [0.1, 0.15) is 0 Å². The molecule has 0 saturated heterocycles. The molecule has 0 amide bonds. The topological polar surface area (TPSA) is 38.5 Å². The molecule has 0 aromatic carbocycles. The fourth-order valence-corrected chi connectivity index (χ4v) is 1.59. The number of methoxy groups -OCH3 is 1. The number of hydrogen-bond acceptors (Lipinski definition) is 3. The minimum absolute atomic E-state index is 0.796. The van der Waals surface area contributed by atoms with Gasteiger partial charge in [0.25, 0.3) is 0 Å². The minimum atomic E-state index is 0.796. The molecule has 1 rings (SSSR count). The van der Waals surface area contributed by atoms with Crippen molar-refractivity contribution in [3.63, 3.8) is 0 Å². The zero-order valence-electron chi connectivity index (χ0n) is 8.46. The maximum absolute atomic E-state index is 5.46. The Balaban J connectivity index is 2.20. The number of hydrogen-bond donors (Lipinski definition) is 1. The highest BCUT2D eigenvalue weighted by Crippen LogP contribution is 2.10. The Kier molecular flexibility index (Phi) is 5.05. The quantitative estimate of drug-likeness (QED) is 0.636. The monoisotopic (exact) mass is 184 g/mol. The molecule has 3 heteroatoms. The normalized spacial score (nSPS) is 18.8. The average Bonchev–Trinajstić information content (AvgIpc) is 2.17. The summed E-state index contributed by atoms with van der Waals surface area (Å²) in [5.41, 5.74) is 6.90. The third-order valence-corrected chi connectivity index (χ3v) is 2.40. The van der Waals surface area contributed by atoms with E-state index in [4.69, 9.17) is 10.5 Å². The Morgan fingerprint density at radius 1 is 1.62 bits per heavy atom. The van der Waals surface area contributed by atoms with Gasteiger partial charge in [-0.15, -0.1) is 0 Å². The van der Waals surface area contributed by atoms with Crippen LogP contribution in [0.3, 0.4) is 0 Å². The van der Waals surface area contributed by atoms with Crippen LogP contribution in [0.4, 0.5) is 0 Å². The first-order chi connectivity index (χ1) is 6.36. The zero-order valence-corrected chi connectivity index (χ0v) is 8.46. The van der Waals surface area contributed by atoms with E-state index in [0.717, 1.165) is 45.6 Å². The van der Waals surface area contributed by atoms with Gasteiger partial charge < -0.3 is 10.5 Å². The summed E-state index contributed by atoms with van der Waals surface area (Å²) in [5.74, 6) is 0. The fraction of sp³-hybridized carbons (Fsp3) is 0.800. The number of nitrogens with two attached hydrogens (primary N) is 1. The first kappa shape index (κ1) is 10.7. The Morgan fingerprint density at radius 2 is 2.46 bits per heavy atom. The molecule has 0 fully saturated rings. The molecule has 3 nitrogen and oxygen atoms in total. The molecule has 13 heavy (non-hydrogen) atoms. The van der Waals surface area contributed by atoms with E-state index in [9.17, 15) is 0 Å². The van der Waals surface area contributed by atoms with Gasteiger partial charge >= 0.3 is 0 Å². The van der Waals surface area contributed by atoms with Crippen molar-refractivity contribution in [2.75, 3.05) is 39.9 Å². The summed E-state index contributed by atoms with van der Waals surface area (Å²) in [4.78, 5) is 2.44. The maximum Gasteiger partial charge on any atom is 0.0673 e. The van der Waals surface area contributed by atoms with Gasteiger partial charge in [-0.3, -0.25) is 4.90 Å². The molecule has 1 heterocycles. The van der Waals surface area contributed by atoms with E-state index < -0.39 is 0 Å². The van der Waals surface area contributed by atoms with E-state index in [0.29, 0.717) is 0 Å². The number of nitrogens with zero attached hydrogens (tertiary/aromatic N) is 1. The van der Waals surface area contributed by atoms with Crippen LogP contribution in [0, 0.1) is 0 Å². The molecule has 0 aliphatic carbocycles. The van der Waals surface area contributed by atoms with Gasteiger partial charge in [-0.1, -0.05) is 6.08 Å². The molecule has 0 aromatic rings. The number of rotatable bonds is 5. The van der Waals surface area contributed by atoms with Crippen molar-refractivity contribution in [2.45, 2.75) is 12.8 Å². The lowest BCUT2D eigenvalue weighted by molar-refractivity contribution is 0.211. The van der Waals surface area contributed by atoms with Gasteiger partial charge in [0.2, 0.25) is 0 Å². The first-order valence-corrected chi connectivity index (χ1v) is 4.96. The molecule has 0 unspecified atom stereocenters. The molecule has 0 radical (unpaired) electrons. The molecule has 1 aliphatic rings. The molecule has 1 aliphatic heterocycles. The SMILES string of the molecule is COCC1=CCN(CCCN)CC1.